The number of nitrogens with zero attached hydrogens (tertiary/aromatic N) is 1. The Balaban J connectivity index is 2.14. The van der Waals surface area contributed by atoms with Gasteiger partial charge in [-0.1, -0.05) is 13.8 Å². The lowest BCUT2D eigenvalue weighted by Gasteiger charge is -2.26. The molecule has 23 heavy (non-hydrogen) atoms. The third kappa shape index (κ3) is 4.14. The first-order chi connectivity index (χ1) is 10.9. The van der Waals surface area contributed by atoms with Gasteiger partial charge in [-0.15, -0.1) is 11.3 Å². The fourth-order valence-electron chi connectivity index (χ4n) is 2.16. The Morgan fingerprint density at radius 2 is 1.91 bits per heavy atom. The van der Waals surface area contributed by atoms with E-state index in [9.17, 15) is 9.18 Å². The van der Waals surface area contributed by atoms with Crippen LogP contribution in [0.1, 0.15) is 42.1 Å². The van der Waals surface area contributed by atoms with Crippen LogP contribution < -0.4 is 11.1 Å². The topological polar surface area (TPSA) is 68.0 Å². The van der Waals surface area contributed by atoms with Crippen molar-refractivity contribution < 1.29 is 9.18 Å². The number of benzene rings is 1. The van der Waals surface area contributed by atoms with Crippen LogP contribution in [0.4, 0.5) is 4.39 Å². The number of halogens is 1. The van der Waals surface area contributed by atoms with E-state index in [1.807, 2.05) is 13.8 Å². The van der Waals surface area contributed by atoms with E-state index in [1.165, 1.54) is 23.5 Å². The third-order valence-corrected chi connectivity index (χ3v) is 5.31. The summed E-state index contributed by atoms with van der Waals surface area (Å²) in [6, 6.07) is 6.09. The van der Waals surface area contributed by atoms with Gasteiger partial charge in [0.15, 0.2) is 0 Å². The molecule has 0 radical (unpaired) electrons. The maximum Gasteiger partial charge on any atom is 0.263 e. The quantitative estimate of drug-likeness (QED) is 0.849. The molecule has 2 rings (SSSR count). The van der Waals surface area contributed by atoms with E-state index < -0.39 is 0 Å². The number of amides is 1. The maximum absolute atomic E-state index is 13.0. The van der Waals surface area contributed by atoms with Crippen molar-refractivity contribution >= 4 is 17.2 Å². The van der Waals surface area contributed by atoms with Gasteiger partial charge < -0.3 is 11.1 Å². The van der Waals surface area contributed by atoms with Crippen LogP contribution in [-0.2, 0) is 0 Å². The van der Waals surface area contributed by atoms with E-state index in [-0.39, 0.29) is 17.3 Å². The van der Waals surface area contributed by atoms with Crippen LogP contribution in [0.3, 0.4) is 0 Å². The first-order valence-corrected chi connectivity index (χ1v) is 8.50. The molecule has 1 aromatic heterocycles. The second-order valence-corrected chi connectivity index (χ2v) is 6.69. The van der Waals surface area contributed by atoms with Gasteiger partial charge in [0.1, 0.15) is 15.7 Å². The molecule has 0 atom stereocenters. The molecule has 0 spiro atoms. The lowest BCUT2D eigenvalue weighted by atomic mass is 9.94. The minimum atomic E-state index is -0.381. The van der Waals surface area contributed by atoms with E-state index in [0.717, 1.165) is 18.4 Å². The Morgan fingerprint density at radius 1 is 1.30 bits per heavy atom. The first-order valence-electron chi connectivity index (χ1n) is 7.69. The summed E-state index contributed by atoms with van der Waals surface area (Å²) in [5.41, 5.74) is 7.30. The van der Waals surface area contributed by atoms with Crippen molar-refractivity contribution in [1.29, 1.82) is 0 Å². The zero-order chi connectivity index (χ0) is 17.0. The van der Waals surface area contributed by atoms with Gasteiger partial charge in [0.2, 0.25) is 0 Å². The summed E-state index contributed by atoms with van der Waals surface area (Å²) in [6.07, 6.45) is 1.60. The molecule has 1 heterocycles. The fraction of sp³-hybridized carbons (Fsp3) is 0.412. The second-order valence-electron chi connectivity index (χ2n) is 5.69. The first kappa shape index (κ1) is 17.6. The lowest BCUT2D eigenvalue weighted by Crippen LogP contribution is -2.49. The molecule has 0 bridgehead atoms. The van der Waals surface area contributed by atoms with E-state index in [1.54, 1.807) is 19.1 Å². The maximum atomic E-state index is 13.0. The summed E-state index contributed by atoms with van der Waals surface area (Å²) in [5.74, 6) is -0.455. The smallest absolute Gasteiger partial charge is 0.263 e. The summed E-state index contributed by atoms with van der Waals surface area (Å²) >= 11 is 1.31. The second kappa shape index (κ2) is 7.19. The lowest BCUT2D eigenvalue weighted by molar-refractivity contribution is 0.0945. The van der Waals surface area contributed by atoms with Crippen molar-refractivity contribution in [3.05, 3.63) is 40.7 Å². The number of nitrogens with two attached hydrogens (primary N) is 1. The summed E-state index contributed by atoms with van der Waals surface area (Å²) in [5, 5.41) is 3.61. The molecule has 0 fully saturated rings. The van der Waals surface area contributed by atoms with Gasteiger partial charge in [-0.2, -0.15) is 0 Å². The zero-order valence-corrected chi connectivity index (χ0v) is 14.5. The highest BCUT2D eigenvalue weighted by Crippen LogP contribution is 2.28. The number of carbonyl (C=O) groups is 1. The number of aromatic nitrogens is 1. The summed E-state index contributed by atoms with van der Waals surface area (Å²) in [4.78, 5) is 17.4. The Labute approximate surface area is 139 Å². The van der Waals surface area contributed by atoms with Crippen molar-refractivity contribution in [2.45, 2.75) is 39.2 Å². The predicted octanol–water partition coefficient (Wildman–Crippen LogP) is 3.50. The highest BCUT2D eigenvalue weighted by molar-refractivity contribution is 7.17. The summed E-state index contributed by atoms with van der Waals surface area (Å²) in [6.45, 7) is 6.26. The zero-order valence-electron chi connectivity index (χ0n) is 13.6. The summed E-state index contributed by atoms with van der Waals surface area (Å²) < 4.78 is 13.0. The van der Waals surface area contributed by atoms with Crippen LogP contribution in [-0.4, -0.2) is 23.0 Å². The van der Waals surface area contributed by atoms with Crippen LogP contribution in [0.2, 0.25) is 0 Å². The van der Waals surface area contributed by atoms with E-state index in [4.69, 9.17) is 5.73 Å². The molecule has 0 aliphatic carbocycles. The number of aryl methyl sites for hydroxylation is 1. The molecule has 124 valence electrons. The van der Waals surface area contributed by atoms with Crippen LogP contribution in [0, 0.1) is 12.7 Å². The SMILES string of the molecule is CCC(N)(CC)CNC(=O)c1sc(-c2ccc(F)cc2)nc1C. The number of hydrogen-bond acceptors (Lipinski definition) is 4. The van der Waals surface area contributed by atoms with Crippen LogP contribution in [0.5, 0.6) is 0 Å². The number of thiazole rings is 1. The Bertz CT molecular complexity index is 678. The molecule has 0 aliphatic rings. The highest BCUT2D eigenvalue weighted by Gasteiger charge is 2.23. The van der Waals surface area contributed by atoms with Crippen molar-refractivity contribution in [2.24, 2.45) is 5.73 Å². The van der Waals surface area contributed by atoms with Gasteiger partial charge in [-0.05, 0) is 44.0 Å². The Morgan fingerprint density at radius 3 is 2.48 bits per heavy atom. The average Bonchev–Trinajstić information content (AvgIpc) is 2.95. The standard InChI is InChI=1S/C17H22FN3OS/c1-4-17(19,5-2)10-20-15(22)14-11(3)21-16(23-14)12-6-8-13(18)9-7-12/h6-9H,4-5,10,19H2,1-3H3,(H,20,22). The molecule has 0 saturated heterocycles. The van der Waals surface area contributed by atoms with Crippen LogP contribution in [0.15, 0.2) is 24.3 Å². The average molecular weight is 335 g/mol. The van der Waals surface area contributed by atoms with E-state index in [2.05, 4.69) is 10.3 Å². The van der Waals surface area contributed by atoms with E-state index >= 15 is 0 Å². The molecular weight excluding hydrogens is 313 g/mol. The molecule has 4 nitrogen and oxygen atoms in total. The van der Waals surface area contributed by atoms with Gasteiger partial charge in [0.25, 0.3) is 5.91 Å². The predicted molar refractivity (Wildman–Crippen MR) is 92.1 cm³/mol. The third-order valence-electron chi connectivity index (χ3n) is 4.10. The van der Waals surface area contributed by atoms with Crippen molar-refractivity contribution in [2.75, 3.05) is 6.54 Å². The number of rotatable bonds is 6. The molecule has 0 aliphatic heterocycles. The molecule has 6 heteroatoms. The molecular formula is C17H22FN3OS. The van der Waals surface area contributed by atoms with Crippen molar-refractivity contribution in [3.8, 4) is 10.6 Å². The molecule has 1 amide bonds. The van der Waals surface area contributed by atoms with Gasteiger partial charge in [-0.25, -0.2) is 9.37 Å². The number of carbonyl (C=O) groups excluding carboxylic acids is 1. The van der Waals surface area contributed by atoms with Crippen LogP contribution in [0.25, 0.3) is 10.6 Å². The molecule has 0 unspecified atom stereocenters. The number of hydrogen-bond donors (Lipinski definition) is 2. The summed E-state index contributed by atoms with van der Waals surface area (Å²) in [7, 11) is 0. The van der Waals surface area contributed by atoms with Crippen molar-refractivity contribution in [3.63, 3.8) is 0 Å². The normalized spacial score (nSPS) is 11.5. The van der Waals surface area contributed by atoms with Gasteiger partial charge in [-0.3, -0.25) is 4.79 Å². The Kier molecular flexibility index (Phi) is 5.49. The minimum Gasteiger partial charge on any atom is -0.349 e. The van der Waals surface area contributed by atoms with Crippen LogP contribution >= 0.6 is 11.3 Å². The molecule has 3 N–H and O–H groups in total. The molecule has 2 aromatic rings. The van der Waals surface area contributed by atoms with Gasteiger partial charge in [0, 0.05) is 17.6 Å². The molecule has 1 aromatic carbocycles. The largest absolute Gasteiger partial charge is 0.349 e. The Hall–Kier alpha value is -1.79. The number of nitrogens with one attached hydrogen (secondary N) is 1. The van der Waals surface area contributed by atoms with Gasteiger partial charge >= 0.3 is 0 Å². The van der Waals surface area contributed by atoms with E-state index in [0.29, 0.717) is 22.1 Å². The highest BCUT2D eigenvalue weighted by atomic mass is 32.1. The monoisotopic (exact) mass is 335 g/mol. The van der Waals surface area contributed by atoms with Gasteiger partial charge in [0.05, 0.1) is 5.69 Å². The minimum absolute atomic E-state index is 0.162. The molecule has 0 saturated carbocycles. The van der Waals surface area contributed by atoms with Crippen molar-refractivity contribution in [1.82, 2.24) is 10.3 Å². The fourth-order valence-corrected chi connectivity index (χ4v) is 3.15.